The molecule has 2 rings (SSSR count). The molecular formula is C12H22ClN5O2. The Morgan fingerprint density at radius 2 is 2.30 bits per heavy atom. The lowest BCUT2D eigenvalue weighted by atomic mass is 9.74. The van der Waals surface area contributed by atoms with Gasteiger partial charge in [-0.3, -0.25) is 4.79 Å². The number of amides is 1. The van der Waals surface area contributed by atoms with Crippen LogP contribution in [-0.2, 0) is 11.2 Å². The Bertz CT molecular complexity index is 449. The van der Waals surface area contributed by atoms with Crippen molar-refractivity contribution in [1.29, 1.82) is 0 Å². The van der Waals surface area contributed by atoms with Gasteiger partial charge in [-0.05, 0) is 24.9 Å². The van der Waals surface area contributed by atoms with E-state index in [9.17, 15) is 4.79 Å². The molecule has 1 heterocycles. The minimum atomic E-state index is -0.406. The van der Waals surface area contributed by atoms with E-state index in [1.165, 1.54) is 0 Å². The number of hydrogen-bond donors (Lipinski definition) is 3. The van der Waals surface area contributed by atoms with Crippen molar-refractivity contribution in [1.82, 2.24) is 15.5 Å². The SMILES string of the molecule is CC1(N)CCCCC1C(=O)NCCc1nc(N)no1.Cl. The van der Waals surface area contributed by atoms with E-state index in [-0.39, 0.29) is 30.2 Å². The number of nitrogens with one attached hydrogen (secondary N) is 1. The summed E-state index contributed by atoms with van der Waals surface area (Å²) < 4.78 is 4.87. The summed E-state index contributed by atoms with van der Waals surface area (Å²) in [5.41, 5.74) is 11.1. The van der Waals surface area contributed by atoms with E-state index in [0.29, 0.717) is 18.9 Å². The number of rotatable bonds is 4. The Kier molecular flexibility index (Phi) is 5.76. The zero-order valence-electron chi connectivity index (χ0n) is 11.6. The van der Waals surface area contributed by atoms with E-state index in [4.69, 9.17) is 16.0 Å². The van der Waals surface area contributed by atoms with E-state index in [1.54, 1.807) is 0 Å². The number of aromatic nitrogens is 2. The molecule has 1 fully saturated rings. The van der Waals surface area contributed by atoms with Gasteiger partial charge in [0.25, 0.3) is 5.95 Å². The zero-order chi connectivity index (χ0) is 13.9. The third-order valence-electron chi connectivity index (χ3n) is 3.69. The standard InChI is InChI=1S/C12H21N5O2.ClH/c1-12(14)6-3-2-4-8(12)10(18)15-7-5-9-16-11(13)17-19-9;/h8H,2-7,14H2,1H3,(H2,13,17)(H,15,18);1H. The van der Waals surface area contributed by atoms with E-state index in [0.717, 1.165) is 25.7 Å². The fraction of sp³-hybridized carbons (Fsp3) is 0.750. The van der Waals surface area contributed by atoms with Gasteiger partial charge in [0.2, 0.25) is 11.8 Å². The third kappa shape index (κ3) is 4.08. The van der Waals surface area contributed by atoms with E-state index < -0.39 is 5.54 Å². The summed E-state index contributed by atoms with van der Waals surface area (Å²) in [6, 6.07) is 0. The van der Waals surface area contributed by atoms with Crippen molar-refractivity contribution >= 4 is 24.3 Å². The summed E-state index contributed by atoms with van der Waals surface area (Å²) in [6.07, 6.45) is 4.38. The van der Waals surface area contributed by atoms with Crippen molar-refractivity contribution in [3.8, 4) is 0 Å². The van der Waals surface area contributed by atoms with Crippen molar-refractivity contribution in [2.75, 3.05) is 12.3 Å². The number of anilines is 1. The molecule has 8 heteroatoms. The molecule has 5 N–H and O–H groups in total. The minimum absolute atomic E-state index is 0. The summed E-state index contributed by atoms with van der Waals surface area (Å²) in [5.74, 6) is 0.436. The van der Waals surface area contributed by atoms with E-state index in [2.05, 4.69) is 15.5 Å². The molecule has 0 radical (unpaired) electrons. The molecule has 1 aliphatic carbocycles. The van der Waals surface area contributed by atoms with Crippen molar-refractivity contribution < 1.29 is 9.32 Å². The summed E-state index contributed by atoms with van der Waals surface area (Å²) in [7, 11) is 0. The number of carbonyl (C=O) groups is 1. The van der Waals surface area contributed by atoms with Crippen LogP contribution in [0, 0.1) is 5.92 Å². The molecule has 0 aliphatic heterocycles. The highest BCUT2D eigenvalue weighted by atomic mass is 35.5. The van der Waals surface area contributed by atoms with Gasteiger partial charge in [-0.15, -0.1) is 12.4 Å². The van der Waals surface area contributed by atoms with Crippen LogP contribution < -0.4 is 16.8 Å². The van der Waals surface area contributed by atoms with Crippen LogP contribution in [0.25, 0.3) is 0 Å². The molecule has 20 heavy (non-hydrogen) atoms. The number of nitrogens with zero attached hydrogens (tertiary/aromatic N) is 2. The van der Waals surface area contributed by atoms with Gasteiger partial charge < -0.3 is 21.3 Å². The predicted molar refractivity (Wildman–Crippen MR) is 77.2 cm³/mol. The molecule has 1 aromatic rings. The van der Waals surface area contributed by atoms with Crippen LogP contribution in [0.1, 0.15) is 38.5 Å². The fourth-order valence-electron chi connectivity index (χ4n) is 2.57. The first-order valence-corrected chi connectivity index (χ1v) is 6.64. The fourth-order valence-corrected chi connectivity index (χ4v) is 2.57. The Hall–Kier alpha value is -1.34. The van der Waals surface area contributed by atoms with Crippen LogP contribution in [0.15, 0.2) is 4.52 Å². The van der Waals surface area contributed by atoms with Crippen LogP contribution in [0.5, 0.6) is 0 Å². The lowest BCUT2D eigenvalue weighted by molar-refractivity contribution is -0.128. The first-order chi connectivity index (χ1) is 8.99. The van der Waals surface area contributed by atoms with Crippen LogP contribution in [-0.4, -0.2) is 28.1 Å². The van der Waals surface area contributed by atoms with Gasteiger partial charge in [-0.2, -0.15) is 4.98 Å². The Morgan fingerprint density at radius 3 is 2.90 bits per heavy atom. The monoisotopic (exact) mass is 303 g/mol. The number of nitrogens with two attached hydrogens (primary N) is 2. The number of carbonyl (C=O) groups excluding carboxylic acids is 1. The first kappa shape index (κ1) is 16.7. The summed E-state index contributed by atoms with van der Waals surface area (Å²) >= 11 is 0. The maximum Gasteiger partial charge on any atom is 0.260 e. The second-order valence-electron chi connectivity index (χ2n) is 5.39. The molecular weight excluding hydrogens is 282 g/mol. The average Bonchev–Trinajstić information content (AvgIpc) is 2.74. The molecule has 0 saturated heterocycles. The minimum Gasteiger partial charge on any atom is -0.365 e. The van der Waals surface area contributed by atoms with Crippen molar-refractivity contribution in [3.63, 3.8) is 0 Å². The van der Waals surface area contributed by atoms with Gasteiger partial charge in [0.15, 0.2) is 0 Å². The molecule has 1 saturated carbocycles. The number of hydrogen-bond acceptors (Lipinski definition) is 6. The molecule has 7 nitrogen and oxygen atoms in total. The van der Waals surface area contributed by atoms with Crippen LogP contribution >= 0.6 is 12.4 Å². The van der Waals surface area contributed by atoms with E-state index >= 15 is 0 Å². The maximum absolute atomic E-state index is 12.1. The highest BCUT2D eigenvalue weighted by Crippen LogP contribution is 2.31. The topological polar surface area (TPSA) is 120 Å². The Labute approximate surface area is 124 Å². The largest absolute Gasteiger partial charge is 0.365 e. The third-order valence-corrected chi connectivity index (χ3v) is 3.69. The molecule has 0 aromatic carbocycles. The van der Waals surface area contributed by atoms with Gasteiger partial charge in [-0.25, -0.2) is 0 Å². The number of nitrogen functional groups attached to an aromatic ring is 1. The quantitative estimate of drug-likeness (QED) is 0.750. The van der Waals surface area contributed by atoms with Crippen LogP contribution in [0.3, 0.4) is 0 Å². The first-order valence-electron chi connectivity index (χ1n) is 6.64. The molecule has 1 amide bonds. The predicted octanol–water partition coefficient (Wildman–Crippen LogP) is 0.640. The Morgan fingerprint density at radius 1 is 1.55 bits per heavy atom. The summed E-state index contributed by atoms with van der Waals surface area (Å²) in [4.78, 5) is 16.0. The molecule has 0 spiro atoms. The van der Waals surface area contributed by atoms with Crippen molar-refractivity contribution in [2.45, 2.75) is 44.6 Å². The van der Waals surface area contributed by atoms with Gasteiger partial charge >= 0.3 is 0 Å². The molecule has 0 bridgehead atoms. The number of halogens is 1. The summed E-state index contributed by atoms with van der Waals surface area (Å²) in [5, 5.41) is 6.36. The van der Waals surface area contributed by atoms with E-state index in [1.807, 2.05) is 6.92 Å². The molecule has 1 aliphatic rings. The molecule has 2 atom stereocenters. The molecule has 2 unspecified atom stereocenters. The van der Waals surface area contributed by atoms with Crippen LogP contribution in [0.4, 0.5) is 5.95 Å². The van der Waals surface area contributed by atoms with Gasteiger partial charge in [0.05, 0.1) is 5.92 Å². The Balaban J connectivity index is 0.00000200. The highest BCUT2D eigenvalue weighted by Gasteiger charge is 2.37. The second-order valence-corrected chi connectivity index (χ2v) is 5.39. The zero-order valence-corrected chi connectivity index (χ0v) is 12.4. The average molecular weight is 304 g/mol. The van der Waals surface area contributed by atoms with Crippen molar-refractivity contribution in [3.05, 3.63) is 5.89 Å². The van der Waals surface area contributed by atoms with Crippen LogP contribution in [0.2, 0.25) is 0 Å². The van der Waals surface area contributed by atoms with Gasteiger partial charge in [-0.1, -0.05) is 12.8 Å². The van der Waals surface area contributed by atoms with Gasteiger partial charge in [0, 0.05) is 18.5 Å². The molecule has 1 aromatic heterocycles. The van der Waals surface area contributed by atoms with Crippen molar-refractivity contribution in [2.24, 2.45) is 11.7 Å². The maximum atomic E-state index is 12.1. The highest BCUT2D eigenvalue weighted by molar-refractivity contribution is 5.85. The smallest absolute Gasteiger partial charge is 0.260 e. The lowest BCUT2D eigenvalue weighted by Gasteiger charge is -2.37. The second kappa shape index (κ2) is 6.90. The lowest BCUT2D eigenvalue weighted by Crippen LogP contribution is -2.53. The normalized spacial score (nSPS) is 25.8. The summed E-state index contributed by atoms with van der Waals surface area (Å²) in [6.45, 7) is 2.40. The van der Waals surface area contributed by atoms with Gasteiger partial charge in [0.1, 0.15) is 0 Å². The molecule has 114 valence electrons.